The van der Waals surface area contributed by atoms with Gasteiger partial charge in [-0.3, -0.25) is 4.79 Å². The van der Waals surface area contributed by atoms with Crippen LogP contribution in [-0.4, -0.2) is 5.91 Å². The van der Waals surface area contributed by atoms with Crippen LogP contribution in [0.1, 0.15) is 27.2 Å². The zero-order chi connectivity index (χ0) is 18.1. The van der Waals surface area contributed by atoms with Crippen molar-refractivity contribution in [2.75, 3.05) is 5.32 Å². The number of carbonyl (C=O) groups is 1. The normalized spacial score (nSPS) is 10.8. The minimum absolute atomic E-state index is 0.215. The second-order valence-electron chi connectivity index (χ2n) is 6.01. The Labute approximate surface area is 156 Å². The summed E-state index contributed by atoms with van der Waals surface area (Å²) < 4.78 is 5.74. The van der Waals surface area contributed by atoms with Crippen LogP contribution in [0.4, 0.5) is 5.69 Å². The van der Waals surface area contributed by atoms with Crippen molar-refractivity contribution in [2.24, 2.45) is 0 Å². The Hall–Kier alpha value is -2.23. The lowest BCUT2D eigenvalue weighted by molar-refractivity contribution is 0.102. The summed E-state index contributed by atoms with van der Waals surface area (Å²) in [5.74, 6) is 0.869. The maximum Gasteiger partial charge on any atom is 0.259 e. The van der Waals surface area contributed by atoms with Gasteiger partial charge in [0.2, 0.25) is 0 Å². The highest BCUT2D eigenvalue weighted by Gasteiger charge is 2.17. The van der Waals surface area contributed by atoms with Gasteiger partial charge in [-0.15, -0.1) is 0 Å². The number of benzene rings is 2. The maximum atomic E-state index is 12.6. The number of hydrogen-bond donors (Lipinski definition) is 1. The summed E-state index contributed by atoms with van der Waals surface area (Å²) in [5, 5.41) is 3.95. The number of hydrogen-bond acceptors (Lipinski definition) is 2. The highest BCUT2D eigenvalue weighted by Crippen LogP contribution is 2.30. The van der Waals surface area contributed by atoms with Crippen LogP contribution in [0.25, 0.3) is 11.3 Å². The predicted molar refractivity (Wildman–Crippen MR) is 103 cm³/mol. The lowest BCUT2D eigenvalue weighted by atomic mass is 10.1. The molecule has 1 amide bonds. The second-order valence-corrected chi connectivity index (χ2v) is 6.88. The monoisotopic (exact) mass is 373 g/mol. The molecule has 0 bridgehead atoms. The molecule has 0 aliphatic rings. The largest absolute Gasteiger partial charge is 0.461 e. The van der Waals surface area contributed by atoms with Crippen molar-refractivity contribution in [1.29, 1.82) is 0 Å². The van der Waals surface area contributed by atoms with Gasteiger partial charge in [0.1, 0.15) is 11.5 Å². The van der Waals surface area contributed by atoms with Crippen LogP contribution in [0, 0.1) is 20.8 Å². The Bertz CT molecular complexity index is 940. The van der Waals surface area contributed by atoms with Crippen molar-refractivity contribution in [3.8, 4) is 11.3 Å². The molecule has 0 spiro atoms. The van der Waals surface area contributed by atoms with E-state index in [-0.39, 0.29) is 5.91 Å². The summed E-state index contributed by atoms with van der Waals surface area (Å²) in [5.41, 5.74) is 4.15. The van der Waals surface area contributed by atoms with E-state index in [9.17, 15) is 4.79 Å². The average Bonchev–Trinajstić information content (AvgIpc) is 2.91. The molecule has 3 nitrogen and oxygen atoms in total. The van der Waals surface area contributed by atoms with Crippen LogP contribution in [-0.2, 0) is 0 Å². The summed E-state index contributed by atoms with van der Waals surface area (Å²) in [7, 11) is 0. The van der Waals surface area contributed by atoms with E-state index in [0.29, 0.717) is 27.1 Å². The number of aryl methyl sites for hydroxylation is 3. The van der Waals surface area contributed by atoms with E-state index in [2.05, 4.69) is 5.32 Å². The van der Waals surface area contributed by atoms with Crippen LogP contribution in [0.3, 0.4) is 0 Å². The van der Waals surface area contributed by atoms with Gasteiger partial charge < -0.3 is 9.73 Å². The van der Waals surface area contributed by atoms with E-state index in [4.69, 9.17) is 27.6 Å². The molecule has 1 heterocycles. The standard InChI is InChI=1S/C20H17Cl2NO2/c1-11-4-5-18(12(2)6-11)23-20(24)17-10-19(25-13(17)3)14-7-15(21)9-16(22)8-14/h4-10H,1-3H3,(H,23,24). The summed E-state index contributed by atoms with van der Waals surface area (Å²) in [4.78, 5) is 12.6. The molecule has 0 saturated carbocycles. The van der Waals surface area contributed by atoms with Gasteiger partial charge in [0.05, 0.1) is 5.56 Å². The number of anilines is 1. The van der Waals surface area contributed by atoms with Gasteiger partial charge in [-0.2, -0.15) is 0 Å². The van der Waals surface area contributed by atoms with Crippen molar-refractivity contribution < 1.29 is 9.21 Å². The highest BCUT2D eigenvalue weighted by molar-refractivity contribution is 6.35. The first-order chi connectivity index (χ1) is 11.8. The van der Waals surface area contributed by atoms with E-state index < -0.39 is 0 Å². The zero-order valence-electron chi connectivity index (χ0n) is 14.1. The van der Waals surface area contributed by atoms with Crippen molar-refractivity contribution >= 4 is 34.8 Å². The van der Waals surface area contributed by atoms with Gasteiger partial charge in [0.25, 0.3) is 5.91 Å². The van der Waals surface area contributed by atoms with Gasteiger partial charge >= 0.3 is 0 Å². The van der Waals surface area contributed by atoms with E-state index in [0.717, 1.165) is 22.4 Å². The van der Waals surface area contributed by atoms with Crippen LogP contribution in [0.15, 0.2) is 46.9 Å². The predicted octanol–water partition coefficient (Wildman–Crippen LogP) is 6.43. The molecule has 0 radical (unpaired) electrons. The fraction of sp³-hybridized carbons (Fsp3) is 0.150. The molecule has 5 heteroatoms. The van der Waals surface area contributed by atoms with Gasteiger partial charge in [-0.25, -0.2) is 0 Å². The third-order valence-electron chi connectivity index (χ3n) is 3.94. The van der Waals surface area contributed by atoms with Gasteiger partial charge in [-0.1, -0.05) is 40.9 Å². The van der Waals surface area contributed by atoms with Gasteiger partial charge in [0.15, 0.2) is 0 Å². The number of amides is 1. The molecule has 3 rings (SSSR count). The number of carbonyl (C=O) groups excluding carboxylic acids is 1. The summed E-state index contributed by atoms with van der Waals surface area (Å²) in [6, 6.07) is 12.7. The topological polar surface area (TPSA) is 42.2 Å². The summed E-state index contributed by atoms with van der Waals surface area (Å²) in [6.45, 7) is 5.73. The van der Waals surface area contributed by atoms with E-state index in [1.165, 1.54) is 0 Å². The molecule has 1 aromatic heterocycles. The smallest absolute Gasteiger partial charge is 0.259 e. The Morgan fingerprint density at radius 1 is 0.960 bits per heavy atom. The summed E-state index contributed by atoms with van der Waals surface area (Å²) in [6.07, 6.45) is 0. The van der Waals surface area contributed by atoms with Gasteiger partial charge in [0, 0.05) is 21.3 Å². The minimum Gasteiger partial charge on any atom is -0.461 e. The lowest BCUT2D eigenvalue weighted by Gasteiger charge is -2.08. The molecule has 0 aliphatic carbocycles. The Balaban J connectivity index is 1.90. The van der Waals surface area contributed by atoms with Crippen molar-refractivity contribution in [2.45, 2.75) is 20.8 Å². The molecule has 0 atom stereocenters. The highest BCUT2D eigenvalue weighted by atomic mass is 35.5. The molecule has 0 aliphatic heterocycles. The van der Waals surface area contributed by atoms with Crippen LogP contribution in [0.5, 0.6) is 0 Å². The van der Waals surface area contributed by atoms with Gasteiger partial charge in [-0.05, 0) is 56.7 Å². The van der Waals surface area contributed by atoms with Crippen LogP contribution >= 0.6 is 23.2 Å². The molecule has 2 aromatic carbocycles. The molecule has 3 aromatic rings. The number of halogens is 2. The molecule has 128 valence electrons. The van der Waals surface area contributed by atoms with Crippen LogP contribution < -0.4 is 5.32 Å². The first-order valence-corrected chi connectivity index (χ1v) is 8.54. The Kier molecular flexibility index (Phi) is 4.89. The molecule has 0 saturated heterocycles. The average molecular weight is 374 g/mol. The zero-order valence-corrected chi connectivity index (χ0v) is 15.6. The van der Waals surface area contributed by atoms with Crippen LogP contribution in [0.2, 0.25) is 10.0 Å². The van der Waals surface area contributed by atoms with Crippen molar-refractivity contribution in [1.82, 2.24) is 0 Å². The van der Waals surface area contributed by atoms with E-state index >= 15 is 0 Å². The van der Waals surface area contributed by atoms with E-state index in [1.54, 1.807) is 31.2 Å². The molecule has 0 fully saturated rings. The third kappa shape index (κ3) is 3.89. The Morgan fingerprint density at radius 2 is 1.64 bits per heavy atom. The fourth-order valence-corrected chi connectivity index (χ4v) is 3.22. The molecule has 1 N–H and O–H groups in total. The first-order valence-electron chi connectivity index (χ1n) is 7.79. The summed E-state index contributed by atoms with van der Waals surface area (Å²) >= 11 is 12.1. The minimum atomic E-state index is -0.215. The molecular weight excluding hydrogens is 357 g/mol. The second kappa shape index (κ2) is 6.95. The fourth-order valence-electron chi connectivity index (χ4n) is 2.69. The van der Waals surface area contributed by atoms with Crippen molar-refractivity contribution in [3.05, 3.63) is 75.0 Å². The number of nitrogens with one attached hydrogen (secondary N) is 1. The van der Waals surface area contributed by atoms with E-state index in [1.807, 2.05) is 32.0 Å². The first kappa shape index (κ1) is 17.6. The maximum absolute atomic E-state index is 12.6. The number of rotatable bonds is 3. The third-order valence-corrected chi connectivity index (χ3v) is 4.38. The quantitative estimate of drug-likeness (QED) is 0.574. The van der Waals surface area contributed by atoms with Crippen molar-refractivity contribution in [3.63, 3.8) is 0 Å². The molecular formula is C20H17Cl2NO2. The molecule has 25 heavy (non-hydrogen) atoms. The molecule has 0 unspecified atom stereocenters. The Morgan fingerprint density at radius 3 is 2.28 bits per heavy atom. The number of furan rings is 1. The lowest BCUT2D eigenvalue weighted by Crippen LogP contribution is -2.13. The SMILES string of the molecule is Cc1ccc(NC(=O)c2cc(-c3cc(Cl)cc(Cl)c3)oc2C)c(C)c1.